The van der Waals surface area contributed by atoms with Gasteiger partial charge in [-0.1, -0.05) is 68.0 Å². The molecule has 0 aliphatic rings. The topological polar surface area (TPSA) is 691 Å². The molecule has 0 saturated carbocycles. The van der Waals surface area contributed by atoms with E-state index in [0.29, 0.717) is 163 Å². The number of hydrogen-bond acceptors (Lipinski definition) is 39. The van der Waals surface area contributed by atoms with Crippen LogP contribution in [0.1, 0.15) is 55.4 Å². The summed E-state index contributed by atoms with van der Waals surface area (Å²) in [6.45, 7) is 39.8. The lowest BCUT2D eigenvalue weighted by atomic mass is 10.3. The molecule has 1 unspecified atom stereocenters. The van der Waals surface area contributed by atoms with Crippen LogP contribution in [0.2, 0.25) is 5.15 Å². The number of nitrogens with two attached hydrogens (primary N) is 6. The summed E-state index contributed by atoms with van der Waals surface area (Å²) in [5.41, 5.74) is 39.3. The van der Waals surface area contributed by atoms with Crippen LogP contribution in [0.5, 0.6) is 5.75 Å². The second-order valence-corrected chi connectivity index (χ2v) is 43.3. The van der Waals surface area contributed by atoms with E-state index in [2.05, 4.69) is 138 Å². The number of nitrogen functional groups attached to an aromatic ring is 5. The van der Waals surface area contributed by atoms with E-state index in [1.807, 2.05) is 24.5 Å². The lowest BCUT2D eigenvalue weighted by Gasteiger charge is -2.26. The van der Waals surface area contributed by atoms with Gasteiger partial charge in [-0.2, -0.15) is 49.8 Å². The fraction of sp³-hybridized carbons (Fsp3) is 0.455. The Morgan fingerprint density at radius 1 is 0.421 bits per heavy atom. The van der Waals surface area contributed by atoms with Crippen molar-refractivity contribution >= 4 is 187 Å². The largest absolute Gasteiger partial charge is 0.431 e. The summed E-state index contributed by atoms with van der Waals surface area (Å²) in [5, 5.41) is 20.8. The summed E-state index contributed by atoms with van der Waals surface area (Å²) >= 11 is 5.92. The molecule has 10 aromatic heterocycles. The average Bonchev–Trinajstić information content (AvgIpc) is 1.67. The molecule has 0 amide bonds. The van der Waals surface area contributed by atoms with Crippen molar-refractivity contribution in [1.82, 2.24) is 113 Å². The monoisotopic (exact) mass is 1990 g/mol. The van der Waals surface area contributed by atoms with Crippen molar-refractivity contribution < 1.29 is 75.2 Å². The van der Waals surface area contributed by atoms with E-state index in [1.54, 1.807) is 146 Å². The lowest BCUT2D eigenvalue weighted by molar-refractivity contribution is -0.119. The van der Waals surface area contributed by atoms with Crippen molar-refractivity contribution in [3.8, 4) is 5.75 Å². The Labute approximate surface area is 780 Å². The minimum absolute atomic E-state index is 0. The third-order valence-corrected chi connectivity index (χ3v) is 23.4. The number of carbonyl (C=O) groups is 3. The number of fused-ring (bicyclic) bond motifs is 5. The number of hydrogen-bond donors (Lipinski definition) is 15. The molecule has 0 saturated heterocycles. The van der Waals surface area contributed by atoms with Gasteiger partial charge in [0, 0.05) is 58.9 Å². The summed E-state index contributed by atoms with van der Waals surface area (Å²) < 4.78 is 102. The fourth-order valence-corrected chi connectivity index (χ4v) is 16.5. The van der Waals surface area contributed by atoms with E-state index in [1.165, 1.54) is 20.8 Å². The molecule has 1 aromatic carbocycles. The third-order valence-electron chi connectivity index (χ3n) is 17.0. The summed E-state index contributed by atoms with van der Waals surface area (Å²) in [5.74, 6) is 2.58. The van der Waals surface area contributed by atoms with Gasteiger partial charge in [0.15, 0.2) is 78.7 Å². The molecule has 56 heteroatoms. The van der Waals surface area contributed by atoms with Crippen LogP contribution in [0.4, 0.5) is 53.0 Å². The first kappa shape index (κ1) is 113. The molecule has 21 N–H and O–H groups in total. The van der Waals surface area contributed by atoms with Gasteiger partial charge in [-0.05, 0) is 86.4 Å². The van der Waals surface area contributed by atoms with Gasteiger partial charge in [0.1, 0.15) is 61.9 Å². The predicted octanol–water partition coefficient (Wildman–Crippen LogP) is 8.32. The lowest BCUT2D eigenvalue weighted by Crippen LogP contribution is -2.40. The van der Waals surface area contributed by atoms with Gasteiger partial charge >= 0.3 is 15.1 Å². The molecule has 730 valence electrons. The summed E-state index contributed by atoms with van der Waals surface area (Å²) in [4.78, 5) is 115. The van der Waals surface area contributed by atoms with E-state index in [-0.39, 0.29) is 110 Å². The molecule has 11 rings (SSSR count). The highest BCUT2D eigenvalue weighted by atomic mass is 35.5. The Hall–Kier alpha value is -10.8. The third kappa shape index (κ3) is 39.0. The number of anilines is 9. The molecular formula is C77H122Cl2N33O16P5. The molecule has 11 aromatic rings. The Morgan fingerprint density at radius 3 is 0.970 bits per heavy atom. The zero-order valence-corrected chi connectivity index (χ0v) is 82.2. The standard InChI is InChI=1S/C21H28N7O4P.C19H31N8O4P.C13H21N6O2P.C11H17N6O4P.C10H15ClN5O2P.C3H9N.ClH/c1-4-10-23-19-18-20(26-21(22)25-19)28(13-24-18)11-12-31-14-33(30,27-15(2)16(3)29)32-17-8-6-5-7-9-17;1-6-7-21-17-16-18(24-19(20)23-17)27(10-22-16)8-9-31-11-32(30,25-12(2)14(4)28)26-13(3)15(5)29;1-4-5-15-11-10-12(18-13(14)17-11)19(8-16-10)6-7-21-9-22(2,3)20;1-2-3-13-9-8-10(16-11(12)15-9)17(6-14-8)4-5-21-7-22(18,19)20;1-19(2,17)6-18-4-3-16-5-13-7-8(11)14-10(12)15-9(7)16;1-3(2)4;/h4-9,13,15H,1,10-12,14H2,2-3H3,(H,27,30)(H3,22,23,25,26);6,10,12-13H,1,7-9,11H2,2-5H3,(H2,25,26,30)(H3,20,21,23,24);4,8H,1,5-7,9H2,2-3H3,(H3,14,15,17,18);2,6H,1,3-5,7H2,(H2,18,19,20)(H3,12,13,15,16);5H,3-4,6H2,1-2H3,(H2,12,14,15);3H,4H2,1-2H3;1H/t15-,33?;12-,13-;;;;;/m00...../s1. The maximum absolute atomic E-state index is 13.4. The van der Waals surface area contributed by atoms with Crippen molar-refractivity contribution in [3.63, 3.8) is 0 Å². The van der Waals surface area contributed by atoms with E-state index in [4.69, 9.17) is 84.0 Å². The van der Waals surface area contributed by atoms with Crippen LogP contribution in [-0.2, 0) is 93.6 Å². The number of ether oxygens (including phenoxy) is 5. The average molecular weight is 1990 g/mol. The predicted molar refractivity (Wildman–Crippen MR) is 522 cm³/mol. The van der Waals surface area contributed by atoms with E-state index in [0.717, 1.165) is 0 Å². The normalized spacial score (nSPS) is 12.6. The smallest absolute Gasteiger partial charge is 0.350 e. The van der Waals surface area contributed by atoms with Gasteiger partial charge in [0.25, 0.3) is 0 Å². The summed E-state index contributed by atoms with van der Waals surface area (Å²) in [6.07, 6.45) is 14.3. The highest BCUT2D eigenvalue weighted by Gasteiger charge is 2.32. The molecule has 0 radical (unpaired) electrons. The van der Waals surface area contributed by atoms with Crippen LogP contribution in [0.15, 0.2) is 113 Å². The Morgan fingerprint density at radius 2 is 0.684 bits per heavy atom. The van der Waals surface area contributed by atoms with Crippen LogP contribution < -0.4 is 75.5 Å². The van der Waals surface area contributed by atoms with E-state index in [9.17, 15) is 37.2 Å². The Kier molecular flexibility index (Phi) is 46.2. The first-order valence-electron chi connectivity index (χ1n) is 40.8. The van der Waals surface area contributed by atoms with Gasteiger partial charge in [0.2, 0.25) is 37.2 Å². The molecule has 0 fully saturated rings. The molecule has 10 heterocycles. The molecule has 4 atom stereocenters. The quantitative estimate of drug-likeness (QED) is 0.00737. The minimum Gasteiger partial charge on any atom is -0.431 e. The number of imidazole rings is 5. The maximum atomic E-state index is 13.4. The number of halogens is 2. The first-order chi connectivity index (χ1) is 62.3. The molecule has 49 nitrogen and oxygen atoms in total. The molecule has 0 spiro atoms. The highest BCUT2D eigenvalue weighted by molar-refractivity contribution is 7.62. The molecule has 133 heavy (non-hydrogen) atoms. The van der Waals surface area contributed by atoms with Crippen molar-refractivity contribution in [2.24, 2.45) is 5.73 Å². The van der Waals surface area contributed by atoms with Gasteiger partial charge in [-0.25, -0.2) is 40.2 Å². The Bertz CT molecular complexity index is 5760. The van der Waals surface area contributed by atoms with Crippen molar-refractivity contribution in [3.05, 3.63) is 118 Å². The maximum Gasteiger partial charge on any atom is 0.350 e. The summed E-state index contributed by atoms with van der Waals surface area (Å²) in [7, 11) is -15.4. The van der Waals surface area contributed by atoms with Crippen LogP contribution in [0.25, 0.3) is 55.8 Å². The highest BCUT2D eigenvalue weighted by Crippen LogP contribution is 2.44. The number of aromatic nitrogens is 20. The van der Waals surface area contributed by atoms with Crippen LogP contribution in [-0.4, -0.2) is 267 Å². The zero-order chi connectivity index (χ0) is 97.7. The second-order valence-electron chi connectivity index (χ2n) is 30.3. The SMILES string of the molecule is C=CCNc1nc(N)nc2c1ncn2CCOCP(=O)(N[C@@H](C)C(C)=O)N[C@@H](C)C(C)=O.C=CCNc1nc(N)nc2c1ncn2CCOCP(=O)(N[C@@H](C)C(C)=O)Oc1ccccc1.C=CCNc1nc(N)nc2c1ncn2CCOCP(=O)(O)O.C=CCNc1nc(N)nc2c1ncn2CCOCP(C)(C)=O.CC(C)N.CP(C)(=O)COCCn1cnc2c(Cl)nc(N)nc21.Cl. The number of benzene rings is 1. The van der Waals surface area contributed by atoms with Crippen LogP contribution >= 0.6 is 60.9 Å². The van der Waals surface area contributed by atoms with Gasteiger partial charge in [-0.3, -0.25) is 28.1 Å². The van der Waals surface area contributed by atoms with Gasteiger partial charge in [0.05, 0.1) is 95.5 Å². The minimum atomic E-state index is -4.16. The number of para-hydroxylation sites is 1. The van der Waals surface area contributed by atoms with E-state index < -0.39 is 61.3 Å². The number of nitrogens with one attached hydrogen (secondary N) is 7. The fourth-order valence-electron chi connectivity index (χ4n) is 10.7. The van der Waals surface area contributed by atoms with Gasteiger partial charge in [-0.15, -0.1) is 38.7 Å². The number of nitrogens with zero attached hydrogens (tertiary/aromatic N) is 20. The van der Waals surface area contributed by atoms with E-state index >= 15 is 0 Å². The summed E-state index contributed by atoms with van der Waals surface area (Å²) in [6, 6.07) is 7.10. The van der Waals surface area contributed by atoms with Crippen LogP contribution in [0, 0.1) is 0 Å². The number of carbonyl (C=O) groups excluding carboxylic acids is 3. The molecule has 0 aliphatic carbocycles. The Balaban J connectivity index is 0.000000295. The number of Topliss-reactive ketones (excluding diaryl/α,β-unsaturated/α-hetero) is 3. The second kappa shape index (κ2) is 54.6. The van der Waals surface area contributed by atoms with Crippen molar-refractivity contribution in [1.29, 1.82) is 0 Å². The van der Waals surface area contributed by atoms with Gasteiger partial charge < -0.3 is 126 Å². The number of ketones is 3. The van der Waals surface area contributed by atoms with Crippen LogP contribution in [0.3, 0.4) is 0 Å². The molecular weight excluding hydrogens is 1870 g/mol. The first-order valence-corrected chi connectivity index (χ1v) is 52.2. The number of rotatable bonds is 48. The van der Waals surface area contributed by atoms with Crippen molar-refractivity contribution in [2.45, 2.75) is 112 Å². The van der Waals surface area contributed by atoms with Crippen molar-refractivity contribution in [2.75, 3.05) is 168 Å². The molecule has 0 bridgehead atoms. The zero-order valence-electron chi connectivity index (χ0n) is 76.2. The molecule has 0 aliphatic heterocycles.